The fraction of sp³-hybridized carbons (Fsp3) is 0.533. The van der Waals surface area contributed by atoms with Crippen molar-refractivity contribution in [2.75, 3.05) is 5.75 Å². The van der Waals surface area contributed by atoms with E-state index in [1.165, 1.54) is 18.9 Å². The highest BCUT2D eigenvalue weighted by Gasteiger charge is 2.21. The summed E-state index contributed by atoms with van der Waals surface area (Å²) in [6.07, 6.45) is 4.79. The molecule has 19 heavy (non-hydrogen) atoms. The van der Waals surface area contributed by atoms with Crippen LogP contribution in [0.4, 0.5) is 4.39 Å². The molecule has 0 aliphatic heterocycles. The molecule has 2 unspecified atom stereocenters. The van der Waals surface area contributed by atoms with Crippen molar-refractivity contribution >= 4 is 17.5 Å². The predicted molar refractivity (Wildman–Crippen MR) is 76.3 cm³/mol. The topological polar surface area (TPSA) is 37.3 Å². The van der Waals surface area contributed by atoms with Crippen LogP contribution >= 0.6 is 11.8 Å². The highest BCUT2D eigenvalue weighted by atomic mass is 32.2. The molecule has 2 rings (SSSR count). The quantitative estimate of drug-likeness (QED) is 0.847. The van der Waals surface area contributed by atoms with Gasteiger partial charge in [0.15, 0.2) is 5.78 Å². The zero-order chi connectivity index (χ0) is 13.8. The molecule has 104 valence electrons. The van der Waals surface area contributed by atoms with Gasteiger partial charge in [0.1, 0.15) is 11.6 Å². The molecule has 1 N–H and O–H groups in total. The van der Waals surface area contributed by atoms with Crippen LogP contribution in [0.25, 0.3) is 0 Å². The summed E-state index contributed by atoms with van der Waals surface area (Å²) in [6.45, 7) is 2.24. The van der Waals surface area contributed by atoms with E-state index in [4.69, 9.17) is 0 Å². The second kappa shape index (κ2) is 6.42. The molecule has 0 radical (unpaired) electrons. The van der Waals surface area contributed by atoms with Crippen LogP contribution in [0.1, 0.15) is 43.0 Å². The molecule has 0 spiro atoms. The Balaban J connectivity index is 1.92. The molecule has 2 atom stereocenters. The van der Waals surface area contributed by atoms with Crippen molar-refractivity contribution in [1.82, 2.24) is 0 Å². The molecule has 0 aromatic heterocycles. The summed E-state index contributed by atoms with van der Waals surface area (Å²) in [5.41, 5.74) is 0.0938. The number of aromatic hydroxyl groups is 1. The highest BCUT2D eigenvalue weighted by Crippen LogP contribution is 2.32. The first kappa shape index (κ1) is 14.4. The summed E-state index contributed by atoms with van der Waals surface area (Å²) in [5.74, 6) is 0.222. The van der Waals surface area contributed by atoms with Crippen LogP contribution in [0, 0.1) is 11.7 Å². The number of phenolic OH excluding ortho intramolecular Hbond substituents is 1. The van der Waals surface area contributed by atoms with E-state index < -0.39 is 5.82 Å². The molecule has 1 aliphatic rings. The van der Waals surface area contributed by atoms with Crippen LogP contribution in [0.2, 0.25) is 0 Å². The van der Waals surface area contributed by atoms with Gasteiger partial charge in [-0.3, -0.25) is 4.79 Å². The van der Waals surface area contributed by atoms with E-state index in [1.54, 1.807) is 11.8 Å². The minimum absolute atomic E-state index is 0.0938. The normalized spacial score (nSPS) is 23.3. The van der Waals surface area contributed by atoms with Crippen LogP contribution in [0.15, 0.2) is 18.2 Å². The number of halogens is 1. The molecule has 1 aliphatic carbocycles. The summed E-state index contributed by atoms with van der Waals surface area (Å²) in [4.78, 5) is 12.0. The second-order valence-electron chi connectivity index (χ2n) is 5.29. The van der Waals surface area contributed by atoms with E-state index >= 15 is 0 Å². The molecular weight excluding hydrogens is 263 g/mol. The Hall–Kier alpha value is -1.03. The lowest BCUT2D eigenvalue weighted by molar-refractivity contribution is 0.101. The number of carbonyl (C=O) groups excluding carboxylic acids is 1. The maximum absolute atomic E-state index is 13.1. The van der Waals surface area contributed by atoms with Gasteiger partial charge in [0.25, 0.3) is 0 Å². The molecule has 1 aromatic rings. The Morgan fingerprint density at radius 2 is 2.26 bits per heavy atom. The lowest BCUT2D eigenvalue weighted by Crippen LogP contribution is -2.17. The number of rotatable bonds is 4. The Morgan fingerprint density at radius 3 is 3.00 bits per heavy atom. The van der Waals surface area contributed by atoms with E-state index in [0.717, 1.165) is 30.9 Å². The van der Waals surface area contributed by atoms with E-state index in [9.17, 15) is 14.3 Å². The Bertz CT molecular complexity index is 461. The molecule has 0 saturated heterocycles. The van der Waals surface area contributed by atoms with E-state index in [0.29, 0.717) is 11.0 Å². The van der Waals surface area contributed by atoms with Crippen molar-refractivity contribution in [3.63, 3.8) is 0 Å². The smallest absolute Gasteiger partial charge is 0.176 e. The zero-order valence-corrected chi connectivity index (χ0v) is 11.9. The van der Waals surface area contributed by atoms with Crippen molar-refractivity contribution in [1.29, 1.82) is 0 Å². The number of thioether (sulfide) groups is 1. The van der Waals surface area contributed by atoms with Gasteiger partial charge in [0, 0.05) is 5.25 Å². The first-order chi connectivity index (χ1) is 9.06. The molecule has 0 heterocycles. The fourth-order valence-corrected chi connectivity index (χ4v) is 3.87. The number of carbonyl (C=O) groups is 1. The number of hydrogen-bond acceptors (Lipinski definition) is 3. The van der Waals surface area contributed by atoms with Gasteiger partial charge in [0.05, 0.1) is 11.3 Å². The minimum atomic E-state index is -0.488. The minimum Gasteiger partial charge on any atom is -0.507 e. The van der Waals surface area contributed by atoms with Crippen LogP contribution in [0.3, 0.4) is 0 Å². The third-order valence-corrected chi connectivity index (χ3v) is 4.93. The SMILES string of the molecule is CC1CCCC(SCC(=O)c2cc(F)ccc2O)C1. The summed E-state index contributed by atoms with van der Waals surface area (Å²) >= 11 is 1.64. The molecule has 0 bridgehead atoms. The third kappa shape index (κ3) is 3.96. The first-order valence-corrected chi connectivity index (χ1v) is 7.74. The van der Waals surface area contributed by atoms with E-state index in [2.05, 4.69) is 6.92 Å². The Morgan fingerprint density at radius 1 is 1.47 bits per heavy atom. The van der Waals surface area contributed by atoms with Gasteiger partial charge in [-0.05, 0) is 37.0 Å². The van der Waals surface area contributed by atoms with Crippen LogP contribution in [0.5, 0.6) is 5.75 Å². The maximum Gasteiger partial charge on any atom is 0.176 e. The fourth-order valence-electron chi connectivity index (χ4n) is 2.53. The van der Waals surface area contributed by atoms with Crippen LogP contribution in [-0.4, -0.2) is 21.9 Å². The third-order valence-electron chi connectivity index (χ3n) is 3.60. The van der Waals surface area contributed by atoms with E-state index in [1.807, 2.05) is 0 Å². The molecule has 4 heteroatoms. The van der Waals surface area contributed by atoms with Crippen LogP contribution < -0.4 is 0 Å². The Kier molecular flexibility index (Phi) is 4.86. The molecule has 1 fully saturated rings. The highest BCUT2D eigenvalue weighted by molar-refractivity contribution is 8.00. The number of hydrogen-bond donors (Lipinski definition) is 1. The summed E-state index contributed by atoms with van der Waals surface area (Å²) in [7, 11) is 0. The lowest BCUT2D eigenvalue weighted by atomic mass is 9.91. The van der Waals surface area contributed by atoms with Crippen molar-refractivity contribution in [2.24, 2.45) is 5.92 Å². The van der Waals surface area contributed by atoms with Gasteiger partial charge in [-0.15, -0.1) is 0 Å². The average molecular weight is 282 g/mol. The number of benzene rings is 1. The van der Waals surface area contributed by atoms with Crippen molar-refractivity contribution in [3.8, 4) is 5.75 Å². The molecular formula is C15H19FO2S. The average Bonchev–Trinajstić information content (AvgIpc) is 2.39. The van der Waals surface area contributed by atoms with Gasteiger partial charge < -0.3 is 5.11 Å². The maximum atomic E-state index is 13.1. The monoisotopic (exact) mass is 282 g/mol. The Labute approximate surface area is 117 Å². The summed E-state index contributed by atoms with van der Waals surface area (Å²) in [5, 5.41) is 10.1. The first-order valence-electron chi connectivity index (χ1n) is 6.69. The second-order valence-corrected chi connectivity index (χ2v) is 6.58. The van der Waals surface area contributed by atoms with Gasteiger partial charge in [-0.25, -0.2) is 4.39 Å². The van der Waals surface area contributed by atoms with E-state index in [-0.39, 0.29) is 17.1 Å². The van der Waals surface area contributed by atoms with Gasteiger partial charge >= 0.3 is 0 Å². The van der Waals surface area contributed by atoms with Crippen LogP contribution in [-0.2, 0) is 0 Å². The van der Waals surface area contributed by atoms with Crippen molar-refractivity contribution in [3.05, 3.63) is 29.6 Å². The van der Waals surface area contributed by atoms with Crippen molar-refractivity contribution < 1.29 is 14.3 Å². The zero-order valence-electron chi connectivity index (χ0n) is 11.1. The lowest BCUT2D eigenvalue weighted by Gasteiger charge is -2.25. The molecule has 2 nitrogen and oxygen atoms in total. The molecule has 1 aromatic carbocycles. The summed E-state index contributed by atoms with van der Waals surface area (Å²) in [6, 6.07) is 3.50. The van der Waals surface area contributed by atoms with Gasteiger partial charge in [0.2, 0.25) is 0 Å². The van der Waals surface area contributed by atoms with Gasteiger partial charge in [-0.1, -0.05) is 19.8 Å². The number of ketones is 1. The largest absolute Gasteiger partial charge is 0.507 e. The van der Waals surface area contributed by atoms with Gasteiger partial charge in [-0.2, -0.15) is 11.8 Å². The number of Topliss-reactive ketones (excluding diaryl/α,β-unsaturated/α-hetero) is 1. The van der Waals surface area contributed by atoms with Crippen molar-refractivity contribution in [2.45, 2.75) is 37.9 Å². The number of phenols is 1. The predicted octanol–water partition coefficient (Wildman–Crippen LogP) is 4.03. The molecule has 0 amide bonds. The standard InChI is InChI=1S/C15H19FO2S/c1-10-3-2-4-12(7-10)19-9-15(18)13-8-11(16)5-6-14(13)17/h5-6,8,10,12,17H,2-4,7,9H2,1H3. The summed E-state index contributed by atoms with van der Waals surface area (Å²) < 4.78 is 13.1. The molecule has 1 saturated carbocycles.